The van der Waals surface area contributed by atoms with Crippen molar-refractivity contribution in [3.05, 3.63) is 22.7 Å². The second-order valence-corrected chi connectivity index (χ2v) is 5.49. The fourth-order valence-electron chi connectivity index (χ4n) is 1.03. The molecule has 0 aliphatic heterocycles. The van der Waals surface area contributed by atoms with Gasteiger partial charge in [-0.05, 0) is 18.2 Å². The zero-order valence-corrected chi connectivity index (χ0v) is 8.96. The van der Waals surface area contributed by atoms with Crippen molar-refractivity contribution in [3.63, 3.8) is 0 Å². The third-order valence-electron chi connectivity index (χ3n) is 1.61. The monoisotopic (exact) mass is 251 g/mol. The lowest BCUT2D eigenvalue weighted by molar-refractivity contribution is 0.552. The Morgan fingerprint density at radius 2 is 2.14 bits per heavy atom. The zero-order valence-electron chi connectivity index (χ0n) is 6.57. The maximum absolute atomic E-state index is 12.6. The minimum absolute atomic E-state index is 0.299. The van der Waals surface area contributed by atoms with E-state index in [1.807, 2.05) is 0 Å². The fraction of sp³-hybridized carbons (Fsp3) is 0. The fourth-order valence-corrected chi connectivity index (χ4v) is 2.52. The van der Waals surface area contributed by atoms with E-state index in [1.165, 1.54) is 23.5 Å². The highest BCUT2D eigenvalue weighted by Gasteiger charge is 2.13. The van der Waals surface area contributed by atoms with Crippen molar-refractivity contribution >= 4 is 43.4 Å². The van der Waals surface area contributed by atoms with Crippen LogP contribution < -0.4 is 0 Å². The highest BCUT2D eigenvalue weighted by Crippen LogP contribution is 2.27. The second kappa shape index (κ2) is 3.15. The Morgan fingerprint density at radius 3 is 2.79 bits per heavy atom. The second-order valence-electron chi connectivity index (χ2n) is 2.53. The molecule has 0 N–H and O–H groups in total. The molecule has 14 heavy (non-hydrogen) atoms. The predicted molar refractivity (Wildman–Crippen MR) is 52.9 cm³/mol. The summed E-state index contributed by atoms with van der Waals surface area (Å²) in [5, 5.41) is 0. The molecule has 0 atom stereocenters. The maximum Gasteiger partial charge on any atom is 0.332 e. The normalized spacial score (nSPS) is 12.1. The van der Waals surface area contributed by atoms with E-state index in [-0.39, 0.29) is 0 Å². The van der Waals surface area contributed by atoms with Crippen LogP contribution in [0, 0.1) is 0 Å². The van der Waals surface area contributed by atoms with Crippen LogP contribution in [0.4, 0.5) is 3.89 Å². The first kappa shape index (κ1) is 9.82. The summed E-state index contributed by atoms with van der Waals surface area (Å²) in [4.78, 5) is 3.44. The Hall–Kier alpha value is -0.720. The van der Waals surface area contributed by atoms with Crippen molar-refractivity contribution in [1.82, 2.24) is 4.98 Å². The molecule has 0 spiro atoms. The molecule has 3 nitrogen and oxygen atoms in total. The number of halogens is 2. The zero-order chi connectivity index (χ0) is 10.3. The van der Waals surface area contributed by atoms with Crippen LogP contribution in [-0.2, 0) is 10.2 Å². The molecule has 0 fully saturated rings. The minimum Gasteiger partial charge on any atom is -0.225 e. The molecule has 0 aliphatic carbocycles. The van der Waals surface area contributed by atoms with Crippen LogP contribution in [0.5, 0.6) is 0 Å². The molecule has 0 bridgehead atoms. The number of thiazole rings is 1. The minimum atomic E-state index is -4.66. The van der Waals surface area contributed by atoms with E-state index in [0.29, 0.717) is 9.98 Å². The van der Waals surface area contributed by atoms with Crippen LogP contribution in [0.15, 0.2) is 23.1 Å². The molecule has 0 unspecified atom stereocenters. The van der Waals surface area contributed by atoms with Crippen LogP contribution >= 0.6 is 22.9 Å². The van der Waals surface area contributed by atoms with Crippen molar-refractivity contribution < 1.29 is 12.3 Å². The molecule has 0 saturated carbocycles. The van der Waals surface area contributed by atoms with Crippen molar-refractivity contribution in [2.24, 2.45) is 0 Å². The SMILES string of the molecule is O=S(=O)(F)c1ccc2sc(Cl)nc2c1. The van der Waals surface area contributed by atoms with E-state index in [2.05, 4.69) is 4.98 Å². The number of nitrogens with zero attached hydrogens (tertiary/aromatic N) is 1. The van der Waals surface area contributed by atoms with Gasteiger partial charge in [-0.15, -0.1) is 15.2 Å². The highest BCUT2D eigenvalue weighted by atomic mass is 35.5. The average Bonchev–Trinajstić information content (AvgIpc) is 2.41. The van der Waals surface area contributed by atoms with E-state index in [0.717, 1.165) is 10.8 Å². The van der Waals surface area contributed by atoms with E-state index >= 15 is 0 Å². The molecule has 7 heteroatoms. The third kappa shape index (κ3) is 1.73. The van der Waals surface area contributed by atoms with Crippen LogP contribution in [0.2, 0.25) is 4.47 Å². The largest absolute Gasteiger partial charge is 0.332 e. The van der Waals surface area contributed by atoms with Crippen molar-refractivity contribution in [3.8, 4) is 0 Å². The smallest absolute Gasteiger partial charge is 0.225 e. The quantitative estimate of drug-likeness (QED) is 0.732. The molecular formula is C7H3ClFNO2S2. The molecule has 0 saturated heterocycles. The van der Waals surface area contributed by atoms with Crippen molar-refractivity contribution in [2.75, 3.05) is 0 Å². The molecule has 2 rings (SSSR count). The van der Waals surface area contributed by atoms with Crippen LogP contribution in [0.3, 0.4) is 0 Å². The number of hydrogen-bond acceptors (Lipinski definition) is 4. The lowest BCUT2D eigenvalue weighted by Gasteiger charge is -1.92. The van der Waals surface area contributed by atoms with Crippen molar-refractivity contribution in [1.29, 1.82) is 0 Å². The van der Waals surface area contributed by atoms with Gasteiger partial charge in [0.2, 0.25) is 0 Å². The van der Waals surface area contributed by atoms with Gasteiger partial charge in [-0.2, -0.15) is 8.42 Å². The van der Waals surface area contributed by atoms with E-state index < -0.39 is 15.1 Å². The number of fused-ring (bicyclic) bond motifs is 1. The topological polar surface area (TPSA) is 47.0 Å². The average molecular weight is 252 g/mol. The first-order valence-corrected chi connectivity index (χ1v) is 6.05. The molecule has 0 amide bonds. The van der Waals surface area contributed by atoms with Gasteiger partial charge in [0, 0.05) is 0 Å². The molecule has 74 valence electrons. The summed E-state index contributed by atoms with van der Waals surface area (Å²) in [5.41, 5.74) is 0.388. The summed E-state index contributed by atoms with van der Waals surface area (Å²) in [7, 11) is -4.66. The molecule has 1 heterocycles. The van der Waals surface area contributed by atoms with Crippen LogP contribution in [0.1, 0.15) is 0 Å². The van der Waals surface area contributed by atoms with Gasteiger partial charge in [-0.3, -0.25) is 0 Å². The van der Waals surface area contributed by atoms with Gasteiger partial charge in [0.1, 0.15) is 4.90 Å². The summed E-state index contributed by atoms with van der Waals surface area (Å²) in [6.45, 7) is 0. The van der Waals surface area contributed by atoms with Crippen molar-refractivity contribution in [2.45, 2.75) is 4.90 Å². The van der Waals surface area contributed by atoms with Gasteiger partial charge in [-0.1, -0.05) is 11.6 Å². The van der Waals surface area contributed by atoms with E-state index in [4.69, 9.17) is 11.6 Å². The van der Waals surface area contributed by atoms with Gasteiger partial charge in [0.25, 0.3) is 0 Å². The van der Waals surface area contributed by atoms with E-state index in [9.17, 15) is 12.3 Å². The van der Waals surface area contributed by atoms with Gasteiger partial charge >= 0.3 is 10.2 Å². The summed E-state index contributed by atoms with van der Waals surface area (Å²) >= 11 is 6.82. The van der Waals surface area contributed by atoms with Gasteiger partial charge in [0.15, 0.2) is 4.47 Å². The van der Waals surface area contributed by atoms with Crippen LogP contribution in [-0.4, -0.2) is 13.4 Å². The lowest BCUT2D eigenvalue weighted by atomic mass is 10.3. The number of benzene rings is 1. The molecular weight excluding hydrogens is 249 g/mol. The summed E-state index contributed by atoms with van der Waals surface area (Å²) in [6, 6.07) is 3.82. The molecule has 1 aromatic carbocycles. The maximum atomic E-state index is 12.6. The highest BCUT2D eigenvalue weighted by molar-refractivity contribution is 7.86. The Morgan fingerprint density at radius 1 is 1.43 bits per heavy atom. The molecule has 1 aromatic heterocycles. The Balaban J connectivity index is 2.74. The summed E-state index contributed by atoms with van der Waals surface area (Å²) in [6.07, 6.45) is 0. The Labute approximate surface area is 88.4 Å². The Kier molecular flexibility index (Phi) is 2.21. The first-order valence-electron chi connectivity index (χ1n) is 3.47. The first-order chi connectivity index (χ1) is 6.47. The standard InChI is InChI=1S/C7H3ClFNO2S2/c8-7-10-5-3-4(14(9,11)12)1-2-6(5)13-7/h1-3H. The molecule has 0 radical (unpaired) electrons. The third-order valence-corrected chi connectivity index (χ3v) is 3.57. The molecule has 2 aromatic rings. The lowest BCUT2D eigenvalue weighted by Crippen LogP contribution is -1.90. The molecule has 0 aliphatic rings. The number of hydrogen-bond donors (Lipinski definition) is 0. The van der Waals surface area contributed by atoms with Crippen LogP contribution in [0.25, 0.3) is 10.2 Å². The van der Waals surface area contributed by atoms with E-state index in [1.54, 1.807) is 0 Å². The predicted octanol–water partition coefficient (Wildman–Crippen LogP) is 2.61. The summed E-state index contributed by atoms with van der Waals surface area (Å²) < 4.78 is 34.7. The van der Waals surface area contributed by atoms with Gasteiger partial charge in [0.05, 0.1) is 10.2 Å². The Bertz CT molecular complexity index is 593. The van der Waals surface area contributed by atoms with Gasteiger partial charge in [-0.25, -0.2) is 4.98 Å². The summed E-state index contributed by atoms with van der Waals surface area (Å²) in [5.74, 6) is 0. The van der Waals surface area contributed by atoms with Gasteiger partial charge < -0.3 is 0 Å². The number of aromatic nitrogens is 1. The number of rotatable bonds is 1.